The van der Waals surface area contributed by atoms with Crippen molar-refractivity contribution in [2.24, 2.45) is 0 Å². The molecule has 27 heavy (non-hydrogen) atoms. The van der Waals surface area contributed by atoms with Crippen LogP contribution < -0.4 is 5.32 Å². The van der Waals surface area contributed by atoms with Crippen molar-refractivity contribution in [2.75, 3.05) is 0 Å². The molecule has 1 atom stereocenters. The molecule has 2 N–H and O–H groups in total. The lowest BCUT2D eigenvalue weighted by molar-refractivity contribution is 0.0942. The van der Waals surface area contributed by atoms with Crippen LogP contribution in [0.15, 0.2) is 77.5 Å². The van der Waals surface area contributed by atoms with Gasteiger partial charge >= 0.3 is 0 Å². The average Bonchev–Trinajstić information content (AvgIpc) is 3.38. The molecule has 4 nitrogen and oxygen atoms in total. The molecule has 0 aliphatic heterocycles. The van der Waals surface area contributed by atoms with E-state index < -0.39 is 6.04 Å². The van der Waals surface area contributed by atoms with Crippen LogP contribution in [0.2, 0.25) is 0 Å². The van der Waals surface area contributed by atoms with E-state index in [9.17, 15) is 4.79 Å². The van der Waals surface area contributed by atoms with E-state index in [1.807, 2.05) is 60.8 Å². The number of aromatic nitrogens is 1. The molecule has 0 bridgehead atoms. The van der Waals surface area contributed by atoms with E-state index >= 15 is 0 Å². The van der Waals surface area contributed by atoms with Crippen molar-refractivity contribution in [3.05, 3.63) is 95.6 Å². The fourth-order valence-corrected chi connectivity index (χ4v) is 3.49. The summed E-state index contributed by atoms with van der Waals surface area (Å²) in [4.78, 5) is 16.8. The first-order valence-electron chi connectivity index (χ1n) is 9.22. The van der Waals surface area contributed by atoms with Gasteiger partial charge in [0.2, 0.25) is 0 Å². The molecule has 0 radical (unpaired) electrons. The van der Waals surface area contributed by atoms with Crippen LogP contribution in [0.1, 0.15) is 40.2 Å². The van der Waals surface area contributed by atoms with Crippen molar-refractivity contribution in [3.8, 4) is 0 Å². The molecular weight excluding hydrogens is 336 g/mol. The highest BCUT2D eigenvalue weighted by molar-refractivity contribution is 6.11. The zero-order valence-corrected chi connectivity index (χ0v) is 15.2. The lowest BCUT2D eigenvalue weighted by atomic mass is 9.96. The molecule has 4 heteroatoms. The molecule has 1 unspecified atom stereocenters. The van der Waals surface area contributed by atoms with E-state index in [0.29, 0.717) is 12.1 Å². The number of carbonyl (C=O) groups excluding carboxylic acids is 1. The van der Waals surface area contributed by atoms with E-state index in [-0.39, 0.29) is 5.78 Å². The number of fused-ring (bicyclic) bond motifs is 1. The number of H-pyrrole nitrogens is 1. The predicted octanol–water partition coefficient (Wildman–Crippen LogP) is 5.04. The molecule has 0 aliphatic rings. The standard InChI is InChI=1S/C23H22N2O2/c1-2-16-10-6-12-19-20(15-25-21(16)19)23(26)22(17-8-4-3-5-9-17)24-14-18-11-7-13-27-18/h3-13,15,22,24-25H,2,14H2,1H3. The van der Waals surface area contributed by atoms with Gasteiger partial charge in [-0.25, -0.2) is 0 Å². The quantitative estimate of drug-likeness (QED) is 0.455. The van der Waals surface area contributed by atoms with Gasteiger partial charge in [-0.15, -0.1) is 0 Å². The third kappa shape index (κ3) is 3.44. The summed E-state index contributed by atoms with van der Waals surface area (Å²) in [7, 11) is 0. The van der Waals surface area contributed by atoms with Gasteiger partial charge in [-0.2, -0.15) is 0 Å². The topological polar surface area (TPSA) is 58.0 Å². The molecule has 2 aromatic heterocycles. The lowest BCUT2D eigenvalue weighted by Gasteiger charge is -2.17. The highest BCUT2D eigenvalue weighted by Crippen LogP contribution is 2.27. The third-order valence-electron chi connectivity index (χ3n) is 4.90. The van der Waals surface area contributed by atoms with Crippen molar-refractivity contribution in [1.82, 2.24) is 10.3 Å². The van der Waals surface area contributed by atoms with Crippen LogP contribution in [0.5, 0.6) is 0 Å². The van der Waals surface area contributed by atoms with Crippen molar-refractivity contribution in [3.63, 3.8) is 0 Å². The number of Topliss-reactive ketones (excluding diaryl/α,β-unsaturated/α-hetero) is 1. The lowest BCUT2D eigenvalue weighted by Crippen LogP contribution is -2.28. The summed E-state index contributed by atoms with van der Waals surface area (Å²) in [6.07, 6.45) is 4.39. The predicted molar refractivity (Wildman–Crippen MR) is 107 cm³/mol. The second kappa shape index (κ2) is 7.64. The number of hydrogen-bond acceptors (Lipinski definition) is 3. The summed E-state index contributed by atoms with van der Waals surface area (Å²) in [6.45, 7) is 2.61. The maximum atomic E-state index is 13.5. The van der Waals surface area contributed by atoms with E-state index in [1.54, 1.807) is 6.26 Å². The molecule has 0 fully saturated rings. The second-order valence-corrected chi connectivity index (χ2v) is 6.56. The highest BCUT2D eigenvalue weighted by atomic mass is 16.3. The fraction of sp³-hybridized carbons (Fsp3) is 0.174. The van der Waals surface area contributed by atoms with Crippen LogP contribution in [0.25, 0.3) is 10.9 Å². The maximum absolute atomic E-state index is 13.5. The fourth-order valence-electron chi connectivity index (χ4n) is 3.49. The summed E-state index contributed by atoms with van der Waals surface area (Å²) < 4.78 is 5.41. The average molecular weight is 358 g/mol. The summed E-state index contributed by atoms with van der Waals surface area (Å²) in [5, 5.41) is 4.33. The van der Waals surface area contributed by atoms with Crippen molar-refractivity contribution >= 4 is 16.7 Å². The van der Waals surface area contributed by atoms with E-state index in [2.05, 4.69) is 23.3 Å². The number of nitrogens with one attached hydrogen (secondary N) is 2. The molecule has 2 heterocycles. The first-order chi connectivity index (χ1) is 13.3. The molecule has 136 valence electrons. The molecule has 2 aromatic carbocycles. The van der Waals surface area contributed by atoms with E-state index in [0.717, 1.165) is 28.6 Å². The largest absolute Gasteiger partial charge is 0.468 e. The van der Waals surface area contributed by atoms with Crippen LogP contribution in [-0.2, 0) is 13.0 Å². The smallest absolute Gasteiger partial charge is 0.186 e. The van der Waals surface area contributed by atoms with Crippen LogP contribution >= 0.6 is 0 Å². The van der Waals surface area contributed by atoms with Crippen LogP contribution in [0.3, 0.4) is 0 Å². The zero-order chi connectivity index (χ0) is 18.6. The number of aryl methyl sites for hydroxylation is 1. The van der Waals surface area contributed by atoms with Gasteiger partial charge in [-0.3, -0.25) is 10.1 Å². The number of carbonyl (C=O) groups is 1. The molecule has 0 amide bonds. The van der Waals surface area contributed by atoms with Gasteiger partial charge in [0.1, 0.15) is 5.76 Å². The SMILES string of the molecule is CCc1cccc2c(C(=O)C(NCc3ccco3)c3ccccc3)c[nH]c12. The van der Waals surface area contributed by atoms with Crippen LogP contribution in [0.4, 0.5) is 0 Å². The minimum atomic E-state index is -0.444. The zero-order valence-electron chi connectivity index (χ0n) is 15.2. The minimum absolute atomic E-state index is 0.0484. The molecule has 4 rings (SSSR count). The van der Waals surface area contributed by atoms with Crippen molar-refractivity contribution in [2.45, 2.75) is 25.9 Å². The number of para-hydroxylation sites is 1. The Bertz CT molecular complexity index is 1030. The number of ketones is 1. The molecule has 0 aliphatic carbocycles. The number of furan rings is 1. The van der Waals surface area contributed by atoms with Gasteiger partial charge in [-0.05, 0) is 29.7 Å². The summed E-state index contributed by atoms with van der Waals surface area (Å²) in [6, 6.07) is 19.2. The summed E-state index contributed by atoms with van der Waals surface area (Å²) in [5.74, 6) is 0.850. The molecule has 0 saturated heterocycles. The van der Waals surface area contributed by atoms with E-state index in [1.165, 1.54) is 5.56 Å². The Labute approximate surface area is 158 Å². The Morgan fingerprint density at radius 2 is 1.93 bits per heavy atom. The summed E-state index contributed by atoms with van der Waals surface area (Å²) >= 11 is 0. The monoisotopic (exact) mass is 358 g/mol. The first kappa shape index (κ1) is 17.3. The third-order valence-corrected chi connectivity index (χ3v) is 4.90. The van der Waals surface area contributed by atoms with E-state index in [4.69, 9.17) is 4.42 Å². The molecule has 4 aromatic rings. The normalized spacial score (nSPS) is 12.3. The highest BCUT2D eigenvalue weighted by Gasteiger charge is 2.24. The Hall–Kier alpha value is -3.11. The Morgan fingerprint density at radius 1 is 1.07 bits per heavy atom. The summed E-state index contributed by atoms with van der Waals surface area (Å²) in [5.41, 5.74) is 3.91. The van der Waals surface area contributed by atoms with Crippen molar-refractivity contribution in [1.29, 1.82) is 0 Å². The Balaban J connectivity index is 1.70. The maximum Gasteiger partial charge on any atom is 0.186 e. The van der Waals surface area contributed by atoms with Gasteiger partial charge in [-0.1, -0.05) is 55.5 Å². The van der Waals surface area contributed by atoms with Gasteiger partial charge in [0, 0.05) is 22.7 Å². The number of hydrogen-bond donors (Lipinski definition) is 2. The van der Waals surface area contributed by atoms with Crippen molar-refractivity contribution < 1.29 is 9.21 Å². The molecule has 0 spiro atoms. The first-order valence-corrected chi connectivity index (χ1v) is 9.22. The second-order valence-electron chi connectivity index (χ2n) is 6.56. The van der Waals surface area contributed by atoms with Gasteiger partial charge in [0.25, 0.3) is 0 Å². The van der Waals surface area contributed by atoms with Gasteiger partial charge in [0.15, 0.2) is 5.78 Å². The minimum Gasteiger partial charge on any atom is -0.468 e. The van der Waals surface area contributed by atoms with Crippen LogP contribution in [-0.4, -0.2) is 10.8 Å². The molecule has 0 saturated carbocycles. The number of rotatable bonds is 7. The van der Waals surface area contributed by atoms with Crippen LogP contribution in [0, 0.1) is 0 Å². The number of aromatic amines is 1. The Morgan fingerprint density at radius 3 is 2.67 bits per heavy atom. The molecular formula is C23H22N2O2. The number of benzene rings is 2. The van der Waals surface area contributed by atoms with Gasteiger partial charge < -0.3 is 9.40 Å². The Kier molecular flexibility index (Phi) is 4.90. The van der Waals surface area contributed by atoms with Gasteiger partial charge in [0.05, 0.1) is 18.8 Å².